The second kappa shape index (κ2) is 15.1. The van der Waals surface area contributed by atoms with Gasteiger partial charge in [-0.2, -0.15) is 0 Å². The minimum Gasteiger partial charge on any atom is -0.488 e. The maximum atomic E-state index is 13.8. The first-order valence-electron chi connectivity index (χ1n) is 15.8. The first-order valence-corrected chi connectivity index (χ1v) is 17.3. The number of hydrogen-bond acceptors (Lipinski definition) is 8. The Morgan fingerprint density at radius 1 is 1.08 bits per heavy atom. The van der Waals surface area contributed by atoms with Crippen molar-refractivity contribution in [3.05, 3.63) is 114 Å². The maximum absolute atomic E-state index is 13.8. The molecule has 11 nitrogen and oxygen atoms in total. The lowest BCUT2D eigenvalue weighted by atomic mass is 9.99. The first kappa shape index (κ1) is 35.3. The van der Waals surface area contributed by atoms with Crippen molar-refractivity contribution in [1.82, 2.24) is 9.80 Å². The second-order valence-corrected chi connectivity index (χ2v) is 14.0. The largest absolute Gasteiger partial charge is 0.488 e. The fourth-order valence-electron chi connectivity index (χ4n) is 5.58. The molecule has 49 heavy (non-hydrogen) atoms. The molecule has 0 saturated heterocycles. The molecule has 0 spiro atoms. The molecule has 0 aliphatic carbocycles. The van der Waals surface area contributed by atoms with Gasteiger partial charge >= 0.3 is 0 Å². The Labute approximate surface area is 285 Å². The molecule has 5 N–H and O–H groups in total. The predicted molar refractivity (Wildman–Crippen MR) is 186 cm³/mol. The third-order valence-electron chi connectivity index (χ3n) is 8.41. The number of nitrogens with two attached hydrogens (primary N) is 1. The Balaban J connectivity index is 1.32. The van der Waals surface area contributed by atoms with Crippen LogP contribution < -0.4 is 20.5 Å². The Morgan fingerprint density at radius 3 is 2.45 bits per heavy atom. The van der Waals surface area contributed by atoms with Crippen LogP contribution in [0.2, 0.25) is 0 Å². The highest BCUT2D eigenvalue weighted by atomic mass is 32.2. The number of carbonyl (C=O) groups excluding carboxylic acids is 2. The number of sulfonamides is 1. The number of nitrogens with one attached hydrogen (secondary N) is 2. The van der Waals surface area contributed by atoms with Crippen LogP contribution in [0.5, 0.6) is 5.75 Å². The number of carbonyl (C=O) groups is 2. The molecule has 2 amide bonds. The van der Waals surface area contributed by atoms with Gasteiger partial charge in [0.05, 0.1) is 34.5 Å². The third-order valence-corrected chi connectivity index (χ3v) is 9.81. The summed E-state index contributed by atoms with van der Waals surface area (Å²) in [6.07, 6.45) is -0.381. The standard InChI is InChI=1S/C36H40FN5O6S/c1-23-19-42(24(2)22-43)36(45)30-18-28(40-49(46,47)29-15-12-27(37)13-16-29)14-17-33(30)48-34(23)21-41(3)20-25-8-10-26(11-9-25)35(44)39-32-7-5-4-6-31(32)38/h4-18,23-24,34,40,43H,19-22,38H2,1-3H3,(H,39,44)/t23-,24-,34-/m1/s1. The van der Waals surface area contributed by atoms with Gasteiger partial charge in [0, 0.05) is 36.8 Å². The number of nitrogens with zero attached hydrogens (tertiary/aromatic N) is 2. The molecule has 5 rings (SSSR count). The highest BCUT2D eigenvalue weighted by Gasteiger charge is 2.34. The molecule has 0 unspecified atom stereocenters. The van der Waals surface area contributed by atoms with Crippen molar-refractivity contribution in [2.75, 3.05) is 42.5 Å². The number of amides is 2. The van der Waals surface area contributed by atoms with E-state index in [4.69, 9.17) is 10.5 Å². The van der Waals surface area contributed by atoms with Gasteiger partial charge in [-0.3, -0.25) is 19.2 Å². The van der Waals surface area contributed by atoms with Gasteiger partial charge in [-0.15, -0.1) is 0 Å². The van der Waals surface area contributed by atoms with E-state index in [1.54, 1.807) is 54.3 Å². The SMILES string of the molecule is C[C@@H]1CN([C@H](C)CO)C(=O)c2cc(NS(=O)(=O)c3ccc(F)cc3)ccc2O[C@@H]1CN(C)Cc1ccc(C(=O)Nc2ccccc2N)cc1. The Morgan fingerprint density at radius 2 is 1.78 bits per heavy atom. The van der Waals surface area contributed by atoms with Crippen LogP contribution in [0.25, 0.3) is 0 Å². The van der Waals surface area contributed by atoms with E-state index in [0.717, 1.165) is 29.8 Å². The number of anilines is 3. The quantitative estimate of drug-likeness (QED) is 0.164. The highest BCUT2D eigenvalue weighted by molar-refractivity contribution is 7.92. The molecule has 0 fully saturated rings. The van der Waals surface area contributed by atoms with Crippen LogP contribution in [-0.2, 0) is 16.6 Å². The molecule has 3 atom stereocenters. The number of aliphatic hydroxyl groups excluding tert-OH is 1. The lowest BCUT2D eigenvalue weighted by Gasteiger charge is -2.38. The van der Waals surface area contributed by atoms with Crippen LogP contribution in [0.1, 0.15) is 40.1 Å². The first-order chi connectivity index (χ1) is 23.3. The summed E-state index contributed by atoms with van der Waals surface area (Å²) in [6, 6.07) is 22.7. The predicted octanol–water partition coefficient (Wildman–Crippen LogP) is 4.81. The number of benzene rings is 4. The van der Waals surface area contributed by atoms with Crippen LogP contribution in [0.3, 0.4) is 0 Å². The lowest BCUT2D eigenvalue weighted by molar-refractivity contribution is 0.0341. The summed E-state index contributed by atoms with van der Waals surface area (Å²) in [7, 11) is -2.12. The van der Waals surface area contributed by atoms with Gasteiger partial charge in [-0.1, -0.05) is 31.2 Å². The van der Waals surface area contributed by atoms with Crippen molar-refractivity contribution in [2.45, 2.75) is 37.4 Å². The van der Waals surface area contributed by atoms with Crippen LogP contribution >= 0.6 is 0 Å². The second-order valence-electron chi connectivity index (χ2n) is 12.3. The van der Waals surface area contributed by atoms with Crippen LogP contribution in [-0.4, -0.2) is 74.0 Å². The molecule has 13 heteroatoms. The van der Waals surface area contributed by atoms with Crippen LogP contribution in [0.15, 0.2) is 95.9 Å². The van der Waals surface area contributed by atoms with Crippen molar-refractivity contribution < 1.29 is 32.2 Å². The summed E-state index contributed by atoms with van der Waals surface area (Å²) < 4.78 is 48.3. The number of aliphatic hydroxyl groups is 1. The van der Waals surface area contributed by atoms with Gasteiger partial charge in [-0.25, -0.2) is 12.8 Å². The molecule has 0 radical (unpaired) electrons. The molecule has 0 saturated carbocycles. The molecule has 4 aromatic carbocycles. The van der Waals surface area contributed by atoms with Crippen molar-refractivity contribution in [3.63, 3.8) is 0 Å². The van der Waals surface area contributed by atoms with Crippen molar-refractivity contribution >= 4 is 38.9 Å². The fraction of sp³-hybridized carbons (Fsp3) is 0.278. The number of hydrogen-bond donors (Lipinski definition) is 4. The molecular formula is C36H40FN5O6S. The minimum atomic E-state index is -4.07. The molecule has 1 heterocycles. The van der Waals surface area contributed by atoms with Crippen molar-refractivity contribution in [1.29, 1.82) is 0 Å². The summed E-state index contributed by atoms with van der Waals surface area (Å²) in [5, 5.41) is 12.8. The van der Waals surface area contributed by atoms with E-state index in [1.807, 2.05) is 26.1 Å². The zero-order chi connectivity index (χ0) is 35.3. The Bertz CT molecular complexity index is 1910. The van der Waals surface area contributed by atoms with Crippen molar-refractivity contribution in [3.8, 4) is 5.75 Å². The number of para-hydroxylation sites is 2. The average molecular weight is 690 g/mol. The number of rotatable bonds is 11. The van der Waals surface area contributed by atoms with E-state index >= 15 is 0 Å². The van der Waals surface area contributed by atoms with E-state index in [0.29, 0.717) is 36.6 Å². The fourth-order valence-corrected chi connectivity index (χ4v) is 6.63. The summed E-state index contributed by atoms with van der Waals surface area (Å²) in [6.45, 7) is 4.78. The minimum absolute atomic E-state index is 0.128. The van der Waals surface area contributed by atoms with Gasteiger partial charge in [0.1, 0.15) is 17.7 Å². The zero-order valence-corrected chi connectivity index (χ0v) is 28.3. The number of fused-ring (bicyclic) bond motifs is 1. The highest BCUT2D eigenvalue weighted by Crippen LogP contribution is 2.31. The lowest BCUT2D eigenvalue weighted by Crippen LogP contribution is -2.49. The monoisotopic (exact) mass is 689 g/mol. The topological polar surface area (TPSA) is 154 Å². The van der Waals surface area contributed by atoms with E-state index in [9.17, 15) is 27.5 Å². The summed E-state index contributed by atoms with van der Waals surface area (Å²) in [4.78, 5) is 30.1. The summed E-state index contributed by atoms with van der Waals surface area (Å²) in [5.74, 6) is -1.10. The van der Waals surface area contributed by atoms with Gasteiger partial charge in [0.15, 0.2) is 0 Å². The number of ether oxygens (including phenoxy) is 1. The number of likely N-dealkylation sites (N-methyl/N-ethyl adjacent to an activating group) is 1. The average Bonchev–Trinajstić information content (AvgIpc) is 3.07. The summed E-state index contributed by atoms with van der Waals surface area (Å²) >= 11 is 0. The molecule has 4 aromatic rings. The maximum Gasteiger partial charge on any atom is 0.261 e. The number of halogens is 1. The molecule has 258 valence electrons. The van der Waals surface area contributed by atoms with Crippen LogP contribution in [0, 0.1) is 11.7 Å². The normalized spacial score (nSPS) is 17.0. The molecule has 1 aliphatic heterocycles. The Hall–Kier alpha value is -4.98. The molecule has 1 aliphatic rings. The van der Waals surface area contributed by atoms with Crippen LogP contribution in [0.4, 0.5) is 21.5 Å². The molecular weight excluding hydrogens is 649 g/mol. The molecule has 0 aromatic heterocycles. The molecule has 0 bridgehead atoms. The summed E-state index contributed by atoms with van der Waals surface area (Å²) in [5.41, 5.74) is 8.71. The van der Waals surface area contributed by atoms with Gasteiger partial charge in [-0.05, 0) is 86.3 Å². The van der Waals surface area contributed by atoms with Gasteiger partial charge in [0.25, 0.3) is 21.8 Å². The van der Waals surface area contributed by atoms with Crippen molar-refractivity contribution in [2.24, 2.45) is 5.92 Å². The van der Waals surface area contributed by atoms with E-state index < -0.39 is 27.8 Å². The van der Waals surface area contributed by atoms with Gasteiger partial charge < -0.3 is 25.8 Å². The third kappa shape index (κ3) is 8.55. The smallest absolute Gasteiger partial charge is 0.261 e. The van der Waals surface area contributed by atoms with E-state index in [-0.39, 0.29) is 46.4 Å². The zero-order valence-electron chi connectivity index (χ0n) is 27.5. The Kier molecular flexibility index (Phi) is 10.9. The van der Waals surface area contributed by atoms with E-state index in [2.05, 4.69) is 14.9 Å². The van der Waals surface area contributed by atoms with E-state index in [1.165, 1.54) is 12.1 Å². The van der Waals surface area contributed by atoms with Gasteiger partial charge in [0.2, 0.25) is 0 Å². The number of nitrogen functional groups attached to an aromatic ring is 1.